The van der Waals surface area contributed by atoms with E-state index in [2.05, 4.69) is 20.4 Å². The molecular formula is C18H14F4N4O2. The highest BCUT2D eigenvalue weighted by Gasteiger charge is 2.31. The molecule has 10 heteroatoms. The van der Waals surface area contributed by atoms with Crippen LogP contribution in [0.15, 0.2) is 54.7 Å². The third-order valence-electron chi connectivity index (χ3n) is 3.65. The number of nitrogens with one attached hydrogen (secondary N) is 1. The Morgan fingerprint density at radius 1 is 1.14 bits per heavy atom. The van der Waals surface area contributed by atoms with Crippen LogP contribution >= 0.6 is 0 Å². The molecule has 3 aromatic rings. The highest BCUT2D eigenvalue weighted by molar-refractivity contribution is 5.91. The van der Waals surface area contributed by atoms with Crippen LogP contribution in [-0.2, 0) is 13.1 Å². The van der Waals surface area contributed by atoms with Crippen molar-refractivity contribution in [2.45, 2.75) is 19.5 Å². The number of hydrogen-bond donors (Lipinski definition) is 1. The van der Waals surface area contributed by atoms with Crippen LogP contribution in [0.25, 0.3) is 0 Å². The summed E-state index contributed by atoms with van der Waals surface area (Å²) >= 11 is 0. The summed E-state index contributed by atoms with van der Waals surface area (Å²) in [6.07, 6.45) is -3.44. The van der Waals surface area contributed by atoms with Gasteiger partial charge in [-0.25, -0.2) is 9.07 Å². The van der Waals surface area contributed by atoms with Crippen LogP contribution in [0.4, 0.5) is 17.6 Å². The maximum Gasteiger partial charge on any atom is 0.573 e. The van der Waals surface area contributed by atoms with E-state index >= 15 is 0 Å². The fourth-order valence-electron chi connectivity index (χ4n) is 2.41. The van der Waals surface area contributed by atoms with Gasteiger partial charge in [0.25, 0.3) is 5.91 Å². The Morgan fingerprint density at radius 3 is 2.68 bits per heavy atom. The lowest BCUT2D eigenvalue weighted by Gasteiger charge is -2.10. The largest absolute Gasteiger partial charge is 0.573 e. The number of hydrogen-bond acceptors (Lipinski definition) is 4. The van der Waals surface area contributed by atoms with Crippen molar-refractivity contribution in [3.63, 3.8) is 0 Å². The summed E-state index contributed by atoms with van der Waals surface area (Å²) in [4.78, 5) is 12.2. The van der Waals surface area contributed by atoms with Gasteiger partial charge in [-0.1, -0.05) is 35.5 Å². The third kappa shape index (κ3) is 5.29. The number of carbonyl (C=O) groups is 1. The summed E-state index contributed by atoms with van der Waals surface area (Å²) in [7, 11) is 0. The number of aromatic nitrogens is 3. The summed E-state index contributed by atoms with van der Waals surface area (Å²) in [5.74, 6) is -1.35. The molecule has 3 rings (SSSR count). The number of rotatable bonds is 6. The third-order valence-corrected chi connectivity index (χ3v) is 3.65. The van der Waals surface area contributed by atoms with E-state index in [1.807, 2.05) is 0 Å². The van der Waals surface area contributed by atoms with Gasteiger partial charge in [-0.05, 0) is 23.8 Å². The maximum absolute atomic E-state index is 13.7. The van der Waals surface area contributed by atoms with Crippen LogP contribution in [0.5, 0.6) is 5.75 Å². The smallest absolute Gasteiger partial charge is 0.406 e. The predicted octanol–water partition coefficient (Wildman–Crippen LogP) is 3.29. The Hall–Kier alpha value is -3.43. The van der Waals surface area contributed by atoms with Crippen molar-refractivity contribution in [2.24, 2.45) is 0 Å². The average Bonchev–Trinajstić information content (AvgIpc) is 3.09. The second-order valence-corrected chi connectivity index (χ2v) is 5.77. The molecule has 0 aliphatic heterocycles. The standard InChI is InChI=1S/C18H14F4N4O2/c19-15-7-2-1-5-13(15)10-26-11-16(24-25-26)17(27)23-9-12-4-3-6-14(8-12)28-18(20,21)22/h1-8,11H,9-10H2,(H,23,27). The Balaban J connectivity index is 1.59. The summed E-state index contributed by atoms with van der Waals surface area (Å²) in [6, 6.07) is 11.4. The molecule has 146 valence electrons. The summed E-state index contributed by atoms with van der Waals surface area (Å²) < 4.78 is 55.6. The fourth-order valence-corrected chi connectivity index (χ4v) is 2.41. The van der Waals surface area contributed by atoms with Crippen molar-refractivity contribution in [3.8, 4) is 5.75 Å². The van der Waals surface area contributed by atoms with Crippen molar-refractivity contribution >= 4 is 5.91 Å². The Kier molecular flexibility index (Phi) is 5.57. The van der Waals surface area contributed by atoms with Gasteiger partial charge in [0.05, 0.1) is 12.7 Å². The van der Waals surface area contributed by atoms with E-state index in [1.54, 1.807) is 24.3 Å². The number of carbonyl (C=O) groups excluding carboxylic acids is 1. The highest BCUT2D eigenvalue weighted by Crippen LogP contribution is 2.23. The quantitative estimate of drug-likeness (QED) is 0.652. The Morgan fingerprint density at radius 2 is 1.93 bits per heavy atom. The molecule has 0 atom stereocenters. The molecule has 1 heterocycles. The normalized spacial score (nSPS) is 11.3. The minimum absolute atomic E-state index is 0.000893. The van der Waals surface area contributed by atoms with Crippen molar-refractivity contribution in [2.75, 3.05) is 0 Å². The van der Waals surface area contributed by atoms with Crippen molar-refractivity contribution in [1.29, 1.82) is 0 Å². The van der Waals surface area contributed by atoms with Gasteiger partial charge in [0.15, 0.2) is 5.69 Å². The minimum atomic E-state index is -4.79. The van der Waals surface area contributed by atoms with Gasteiger partial charge in [0.1, 0.15) is 11.6 Å². The molecule has 2 aromatic carbocycles. The van der Waals surface area contributed by atoms with E-state index in [1.165, 1.54) is 29.1 Å². The van der Waals surface area contributed by atoms with Crippen molar-refractivity contribution in [3.05, 3.63) is 77.4 Å². The number of benzene rings is 2. The molecule has 0 aliphatic rings. The van der Waals surface area contributed by atoms with Gasteiger partial charge in [0, 0.05) is 12.1 Å². The summed E-state index contributed by atoms with van der Waals surface area (Å²) in [5.41, 5.74) is 0.800. The molecule has 1 amide bonds. The zero-order chi connectivity index (χ0) is 20.1. The van der Waals surface area contributed by atoms with E-state index in [0.29, 0.717) is 11.1 Å². The number of amides is 1. The molecule has 1 aromatic heterocycles. The lowest BCUT2D eigenvalue weighted by atomic mass is 10.2. The van der Waals surface area contributed by atoms with E-state index in [4.69, 9.17) is 0 Å². The Bertz CT molecular complexity index is 972. The number of ether oxygens (including phenoxy) is 1. The first-order valence-electron chi connectivity index (χ1n) is 8.06. The number of halogens is 4. The predicted molar refractivity (Wildman–Crippen MR) is 89.8 cm³/mol. The van der Waals surface area contributed by atoms with E-state index < -0.39 is 18.1 Å². The average molecular weight is 394 g/mol. The second-order valence-electron chi connectivity index (χ2n) is 5.77. The topological polar surface area (TPSA) is 69.0 Å². The van der Waals surface area contributed by atoms with Crippen LogP contribution in [0.2, 0.25) is 0 Å². The van der Waals surface area contributed by atoms with Gasteiger partial charge in [-0.15, -0.1) is 18.3 Å². The van der Waals surface area contributed by atoms with E-state index in [9.17, 15) is 22.4 Å². The molecule has 1 N–H and O–H groups in total. The van der Waals surface area contributed by atoms with Gasteiger partial charge in [-0.3, -0.25) is 4.79 Å². The molecule has 0 fully saturated rings. The van der Waals surface area contributed by atoms with E-state index in [-0.39, 0.29) is 24.5 Å². The van der Waals surface area contributed by atoms with Crippen LogP contribution in [0.1, 0.15) is 21.6 Å². The van der Waals surface area contributed by atoms with Gasteiger partial charge >= 0.3 is 6.36 Å². The monoisotopic (exact) mass is 394 g/mol. The van der Waals surface area contributed by atoms with Crippen LogP contribution in [0.3, 0.4) is 0 Å². The molecule has 0 unspecified atom stereocenters. The van der Waals surface area contributed by atoms with Crippen LogP contribution in [-0.4, -0.2) is 27.3 Å². The summed E-state index contributed by atoms with van der Waals surface area (Å²) in [5, 5.41) is 10.0. The highest BCUT2D eigenvalue weighted by atomic mass is 19.4. The Labute approximate surface area is 156 Å². The lowest BCUT2D eigenvalue weighted by molar-refractivity contribution is -0.274. The first kappa shape index (κ1) is 19.3. The fraction of sp³-hybridized carbons (Fsp3) is 0.167. The molecule has 28 heavy (non-hydrogen) atoms. The molecule has 6 nitrogen and oxygen atoms in total. The van der Waals surface area contributed by atoms with Gasteiger partial charge in [-0.2, -0.15) is 0 Å². The number of alkyl halides is 3. The first-order chi connectivity index (χ1) is 13.3. The summed E-state index contributed by atoms with van der Waals surface area (Å²) in [6.45, 7) is 0.0673. The lowest BCUT2D eigenvalue weighted by Crippen LogP contribution is -2.23. The molecule has 0 saturated heterocycles. The van der Waals surface area contributed by atoms with Crippen LogP contribution < -0.4 is 10.1 Å². The molecule has 0 radical (unpaired) electrons. The van der Waals surface area contributed by atoms with Gasteiger partial charge in [0.2, 0.25) is 0 Å². The number of nitrogens with zero attached hydrogens (tertiary/aromatic N) is 3. The van der Waals surface area contributed by atoms with Crippen LogP contribution in [0, 0.1) is 5.82 Å². The molecule has 0 bridgehead atoms. The van der Waals surface area contributed by atoms with E-state index in [0.717, 1.165) is 6.07 Å². The molecule has 0 saturated carbocycles. The maximum atomic E-state index is 13.7. The zero-order valence-corrected chi connectivity index (χ0v) is 14.3. The van der Waals surface area contributed by atoms with Crippen molar-refractivity contribution < 1.29 is 27.1 Å². The zero-order valence-electron chi connectivity index (χ0n) is 14.3. The molecule has 0 spiro atoms. The molecule has 0 aliphatic carbocycles. The van der Waals surface area contributed by atoms with Crippen molar-refractivity contribution in [1.82, 2.24) is 20.3 Å². The first-order valence-corrected chi connectivity index (χ1v) is 8.06. The SMILES string of the molecule is O=C(NCc1cccc(OC(F)(F)F)c1)c1cn(Cc2ccccc2F)nn1. The minimum Gasteiger partial charge on any atom is -0.406 e. The second kappa shape index (κ2) is 8.07. The van der Waals surface area contributed by atoms with Gasteiger partial charge < -0.3 is 10.1 Å². The molecular weight excluding hydrogens is 380 g/mol.